The van der Waals surface area contributed by atoms with E-state index in [-0.39, 0.29) is 0 Å². The van der Waals surface area contributed by atoms with Crippen molar-refractivity contribution in [2.45, 2.75) is 6.54 Å². The molecule has 0 saturated carbocycles. The van der Waals surface area contributed by atoms with E-state index in [4.69, 9.17) is 14.7 Å². The van der Waals surface area contributed by atoms with Gasteiger partial charge >= 0.3 is 0 Å². The lowest BCUT2D eigenvalue weighted by Crippen LogP contribution is -2.38. The summed E-state index contributed by atoms with van der Waals surface area (Å²) in [6.07, 6.45) is 1.81. The normalized spacial score (nSPS) is 15.8. The molecule has 0 N–H and O–H groups in total. The summed E-state index contributed by atoms with van der Waals surface area (Å²) in [5.41, 5.74) is 4.14. The first-order chi connectivity index (χ1) is 14.3. The van der Waals surface area contributed by atoms with Gasteiger partial charge in [0.2, 0.25) is 5.95 Å². The van der Waals surface area contributed by atoms with Crippen molar-refractivity contribution in [2.24, 2.45) is 12.0 Å². The molecule has 3 heterocycles. The zero-order valence-corrected chi connectivity index (χ0v) is 16.5. The summed E-state index contributed by atoms with van der Waals surface area (Å²) >= 11 is 0. The van der Waals surface area contributed by atoms with Crippen LogP contribution in [0, 0.1) is 0 Å². The molecule has 2 aromatic carbocycles. The Morgan fingerprint density at radius 2 is 1.62 bits per heavy atom. The van der Waals surface area contributed by atoms with E-state index in [0.717, 1.165) is 67.3 Å². The lowest BCUT2D eigenvalue weighted by Gasteiger charge is -2.26. The highest BCUT2D eigenvalue weighted by Gasteiger charge is 2.14. The molecule has 1 saturated heterocycles. The minimum absolute atomic E-state index is 0.714. The molecular weight excluding hydrogens is 364 g/mol. The summed E-state index contributed by atoms with van der Waals surface area (Å²) in [5.74, 6) is 1.53. The number of rotatable bonds is 5. The van der Waals surface area contributed by atoms with Gasteiger partial charge in [-0.05, 0) is 24.3 Å². The zero-order valence-electron chi connectivity index (χ0n) is 16.5. The van der Waals surface area contributed by atoms with E-state index in [1.54, 1.807) is 0 Å². The summed E-state index contributed by atoms with van der Waals surface area (Å²) in [6, 6.07) is 16.3. The number of aliphatic imine (C=N–C) groups is 1. The summed E-state index contributed by atoms with van der Waals surface area (Å²) in [5, 5.41) is 0. The van der Waals surface area contributed by atoms with Crippen LogP contribution in [0.1, 0.15) is 5.82 Å². The topological polar surface area (TPSA) is 60.5 Å². The minimum atomic E-state index is 0.714. The second kappa shape index (κ2) is 7.77. The summed E-state index contributed by atoms with van der Waals surface area (Å²) in [4.78, 5) is 16.6. The SMILES string of the molecule is Cn1c(C=Nc2nc3ccccc3n2CCN2CCOCC2)nc2ccccc21. The Hall–Kier alpha value is -3.03. The number of nitrogens with zero attached hydrogens (tertiary/aromatic N) is 6. The molecule has 0 atom stereocenters. The van der Waals surface area contributed by atoms with Gasteiger partial charge in [-0.3, -0.25) is 4.90 Å². The standard InChI is InChI=1S/C22H24N6O/c1-26-19-8-4-2-6-17(19)24-21(26)16-23-22-25-18-7-3-5-9-20(18)28(22)11-10-27-12-14-29-15-13-27/h2-9,16H,10-15H2,1H3. The molecule has 0 unspecified atom stereocenters. The largest absolute Gasteiger partial charge is 0.379 e. The molecule has 1 fully saturated rings. The number of para-hydroxylation sites is 4. The molecule has 5 rings (SSSR count). The molecule has 7 nitrogen and oxygen atoms in total. The van der Waals surface area contributed by atoms with Crippen LogP contribution in [-0.2, 0) is 18.3 Å². The first-order valence-corrected chi connectivity index (χ1v) is 10.0. The highest BCUT2D eigenvalue weighted by Crippen LogP contribution is 2.22. The van der Waals surface area contributed by atoms with Gasteiger partial charge < -0.3 is 13.9 Å². The van der Waals surface area contributed by atoms with Crippen LogP contribution < -0.4 is 0 Å². The Bertz CT molecular complexity index is 1170. The Kier molecular flexibility index (Phi) is 4.83. The second-order valence-corrected chi connectivity index (χ2v) is 7.28. The number of aromatic nitrogens is 4. The van der Waals surface area contributed by atoms with Crippen LogP contribution in [-0.4, -0.2) is 63.1 Å². The van der Waals surface area contributed by atoms with Crippen molar-refractivity contribution in [3.8, 4) is 0 Å². The second-order valence-electron chi connectivity index (χ2n) is 7.28. The van der Waals surface area contributed by atoms with Crippen molar-refractivity contribution in [2.75, 3.05) is 32.8 Å². The zero-order chi connectivity index (χ0) is 19.6. The quantitative estimate of drug-likeness (QED) is 0.493. The molecule has 0 radical (unpaired) electrons. The van der Waals surface area contributed by atoms with Crippen molar-refractivity contribution in [1.82, 2.24) is 24.0 Å². The monoisotopic (exact) mass is 388 g/mol. The molecule has 4 aromatic rings. The Balaban J connectivity index is 1.46. The highest BCUT2D eigenvalue weighted by atomic mass is 16.5. The van der Waals surface area contributed by atoms with Crippen LogP contribution in [0.2, 0.25) is 0 Å². The maximum atomic E-state index is 5.46. The van der Waals surface area contributed by atoms with E-state index in [9.17, 15) is 0 Å². The van der Waals surface area contributed by atoms with Gasteiger partial charge in [0.1, 0.15) is 0 Å². The van der Waals surface area contributed by atoms with Crippen LogP contribution >= 0.6 is 0 Å². The molecule has 1 aliphatic rings. The number of hydrogen-bond acceptors (Lipinski definition) is 5. The van der Waals surface area contributed by atoms with Gasteiger partial charge in [0, 0.05) is 33.2 Å². The third kappa shape index (κ3) is 3.54. The van der Waals surface area contributed by atoms with Gasteiger partial charge in [-0.2, -0.15) is 0 Å². The average Bonchev–Trinajstić information content (AvgIpc) is 3.29. The fraction of sp³-hybridized carbons (Fsp3) is 0.318. The van der Waals surface area contributed by atoms with Gasteiger partial charge in [-0.15, -0.1) is 0 Å². The van der Waals surface area contributed by atoms with Crippen LogP contribution in [0.15, 0.2) is 53.5 Å². The summed E-state index contributed by atoms with van der Waals surface area (Å²) in [6.45, 7) is 5.37. The first kappa shape index (κ1) is 18.0. The third-order valence-corrected chi connectivity index (χ3v) is 5.50. The van der Waals surface area contributed by atoms with E-state index in [1.165, 1.54) is 0 Å². The Morgan fingerprint density at radius 1 is 0.931 bits per heavy atom. The van der Waals surface area contributed by atoms with Crippen LogP contribution in [0.4, 0.5) is 5.95 Å². The van der Waals surface area contributed by atoms with Crippen molar-refractivity contribution in [3.05, 3.63) is 54.4 Å². The lowest BCUT2D eigenvalue weighted by atomic mass is 10.3. The van der Waals surface area contributed by atoms with E-state index in [2.05, 4.69) is 31.2 Å². The first-order valence-electron chi connectivity index (χ1n) is 10.0. The van der Waals surface area contributed by atoms with Crippen LogP contribution in [0.3, 0.4) is 0 Å². The van der Waals surface area contributed by atoms with Crippen LogP contribution in [0.5, 0.6) is 0 Å². The number of imidazole rings is 2. The van der Waals surface area contributed by atoms with Gasteiger partial charge in [0.25, 0.3) is 0 Å². The van der Waals surface area contributed by atoms with Crippen molar-refractivity contribution in [1.29, 1.82) is 0 Å². The van der Waals surface area contributed by atoms with E-state index >= 15 is 0 Å². The minimum Gasteiger partial charge on any atom is -0.379 e. The summed E-state index contributed by atoms with van der Waals surface area (Å²) in [7, 11) is 2.01. The smallest absolute Gasteiger partial charge is 0.230 e. The molecule has 0 aliphatic carbocycles. The lowest BCUT2D eigenvalue weighted by molar-refractivity contribution is 0.0366. The van der Waals surface area contributed by atoms with E-state index < -0.39 is 0 Å². The molecule has 2 aromatic heterocycles. The molecule has 0 spiro atoms. The molecule has 7 heteroatoms. The number of hydrogen-bond donors (Lipinski definition) is 0. The molecule has 148 valence electrons. The van der Waals surface area contributed by atoms with Crippen LogP contribution in [0.25, 0.3) is 22.1 Å². The molecule has 0 bridgehead atoms. The van der Waals surface area contributed by atoms with Gasteiger partial charge in [-0.25, -0.2) is 15.0 Å². The van der Waals surface area contributed by atoms with Gasteiger partial charge in [-0.1, -0.05) is 24.3 Å². The third-order valence-electron chi connectivity index (χ3n) is 5.50. The number of ether oxygens (including phenoxy) is 1. The van der Waals surface area contributed by atoms with E-state index in [0.29, 0.717) is 5.95 Å². The molecular formula is C22H24N6O. The maximum Gasteiger partial charge on any atom is 0.230 e. The van der Waals surface area contributed by atoms with Gasteiger partial charge in [0.15, 0.2) is 5.82 Å². The van der Waals surface area contributed by atoms with E-state index in [1.807, 2.05) is 49.7 Å². The predicted molar refractivity (Wildman–Crippen MR) is 115 cm³/mol. The van der Waals surface area contributed by atoms with Crippen molar-refractivity contribution < 1.29 is 4.74 Å². The number of benzene rings is 2. The summed E-state index contributed by atoms with van der Waals surface area (Å²) < 4.78 is 9.71. The average molecular weight is 388 g/mol. The van der Waals surface area contributed by atoms with Gasteiger partial charge in [0.05, 0.1) is 41.5 Å². The number of fused-ring (bicyclic) bond motifs is 2. The Morgan fingerprint density at radius 3 is 2.38 bits per heavy atom. The molecule has 1 aliphatic heterocycles. The predicted octanol–water partition coefficient (Wildman–Crippen LogP) is 3.01. The fourth-order valence-electron chi connectivity index (χ4n) is 3.84. The van der Waals surface area contributed by atoms with Crippen molar-refractivity contribution in [3.63, 3.8) is 0 Å². The maximum absolute atomic E-state index is 5.46. The number of aryl methyl sites for hydroxylation is 1. The highest BCUT2D eigenvalue weighted by molar-refractivity contribution is 5.86. The number of morpholine rings is 1. The Labute approximate surface area is 169 Å². The van der Waals surface area contributed by atoms with Crippen molar-refractivity contribution >= 4 is 34.2 Å². The molecule has 29 heavy (non-hydrogen) atoms. The fourth-order valence-corrected chi connectivity index (χ4v) is 3.84. The molecule has 0 amide bonds.